The van der Waals surface area contributed by atoms with Crippen LogP contribution in [0, 0.1) is 39.0 Å². The molecule has 4 aromatic rings. The van der Waals surface area contributed by atoms with Crippen molar-refractivity contribution in [2.24, 2.45) is 11.3 Å². The fraction of sp³-hybridized carbons (Fsp3) is 0.408. The van der Waals surface area contributed by atoms with Crippen LogP contribution in [0.1, 0.15) is 120 Å². The van der Waals surface area contributed by atoms with Crippen LogP contribution in [0.2, 0.25) is 0 Å². The molecule has 4 aromatic carbocycles. The van der Waals surface area contributed by atoms with Crippen LogP contribution in [0.25, 0.3) is 11.1 Å². The molecular formula is C49H64Cl2Zr. The van der Waals surface area contributed by atoms with Gasteiger partial charge in [0.25, 0.3) is 0 Å². The summed E-state index contributed by atoms with van der Waals surface area (Å²) in [6, 6.07) is 27.0. The normalized spacial score (nSPS) is 16.0. The Kier molecular flexibility index (Phi) is 11.5. The SMILES string of the molecule is Cl.Cl.[CH2]=[Zr]([C]1=CC(C(C)(C)C)=CC1CC)([c]1ccc(C)cc1)([c]1ccc(C)cc1)[c]1c(C)c(C(C)(C)C)cc2c1Cc1cc(C)c(C(C)(C)C)cc1-2. The zero-order valence-corrected chi connectivity index (χ0v) is 38.6. The molecule has 0 aliphatic heterocycles. The van der Waals surface area contributed by atoms with Crippen LogP contribution in [-0.2, 0) is 35.5 Å². The first-order valence-electron chi connectivity index (χ1n) is 19.0. The van der Waals surface area contributed by atoms with E-state index in [9.17, 15) is 0 Å². The number of fused-ring (bicyclic) bond motifs is 3. The minimum absolute atomic E-state index is 0. The maximum absolute atomic E-state index is 5.97. The van der Waals surface area contributed by atoms with Gasteiger partial charge in [0.2, 0.25) is 0 Å². The summed E-state index contributed by atoms with van der Waals surface area (Å²) in [4.78, 5) is 0. The molecule has 0 aromatic heterocycles. The number of benzene rings is 4. The van der Waals surface area contributed by atoms with Gasteiger partial charge >= 0.3 is 308 Å². The summed E-state index contributed by atoms with van der Waals surface area (Å²) in [7, 11) is 0. The standard InChI is InChI=1S/C23H29.C11H17.2C7H7.CH2.2ClH.Zr/c1-14-9-16-11-17-10-15(2)21(23(6,7)8)13-19(17)18(16)12-20(14)22(3,4)5;1-5-9-6-7-10(8-9)11(2,3)4;2*1-7-5-3-2-4-6-7;;;;/h9,12-13H,11H2,1-8H3;7-9H,5H2,1-4H3;2*3-6H,1H3;1H2;2*1H;. The number of allylic oxidation sites excluding steroid dienone is 4. The molecule has 2 aliphatic carbocycles. The van der Waals surface area contributed by atoms with E-state index in [1.807, 2.05) is 0 Å². The van der Waals surface area contributed by atoms with Gasteiger partial charge in [0.15, 0.2) is 0 Å². The van der Waals surface area contributed by atoms with E-state index in [-0.39, 0.29) is 41.1 Å². The van der Waals surface area contributed by atoms with Crippen molar-refractivity contribution in [2.75, 3.05) is 0 Å². The van der Waals surface area contributed by atoms with Crippen LogP contribution in [0.3, 0.4) is 0 Å². The van der Waals surface area contributed by atoms with E-state index in [1.54, 1.807) is 6.55 Å². The summed E-state index contributed by atoms with van der Waals surface area (Å²) < 4.78 is 12.1. The average Bonchev–Trinajstić information content (AvgIpc) is 3.62. The molecular weight excluding hydrogens is 751 g/mol. The summed E-state index contributed by atoms with van der Waals surface area (Å²) in [5, 5.41) is 0. The van der Waals surface area contributed by atoms with Crippen molar-refractivity contribution in [3.8, 4) is 11.1 Å². The van der Waals surface area contributed by atoms with Crippen molar-refractivity contribution in [1.82, 2.24) is 0 Å². The molecule has 0 fully saturated rings. The Balaban J connectivity index is 0.00000302. The molecule has 3 heteroatoms. The van der Waals surface area contributed by atoms with Crippen LogP contribution >= 0.6 is 24.8 Å². The Morgan fingerprint density at radius 2 is 1.13 bits per heavy atom. The Labute approximate surface area is 330 Å². The molecule has 0 saturated carbocycles. The molecule has 0 amide bonds. The monoisotopic (exact) mass is 812 g/mol. The Hall–Kier alpha value is -2.31. The zero-order chi connectivity index (χ0) is 36.8. The first kappa shape index (κ1) is 42.4. The van der Waals surface area contributed by atoms with Gasteiger partial charge in [-0.3, -0.25) is 0 Å². The van der Waals surface area contributed by atoms with Crippen LogP contribution in [-0.4, -0.2) is 4.21 Å². The molecule has 6 rings (SSSR count). The van der Waals surface area contributed by atoms with E-state index in [0.29, 0.717) is 5.92 Å². The van der Waals surface area contributed by atoms with Gasteiger partial charge in [0, 0.05) is 0 Å². The Morgan fingerprint density at radius 1 is 0.654 bits per heavy atom. The fourth-order valence-electron chi connectivity index (χ4n) is 9.73. The molecule has 1 atom stereocenters. The van der Waals surface area contributed by atoms with E-state index in [2.05, 4.69) is 176 Å². The fourth-order valence-corrected chi connectivity index (χ4v) is 27.2. The third-order valence-electron chi connectivity index (χ3n) is 12.4. The Bertz CT molecular complexity index is 2080. The van der Waals surface area contributed by atoms with Crippen molar-refractivity contribution < 1.29 is 18.3 Å². The third kappa shape index (κ3) is 6.58. The summed E-state index contributed by atoms with van der Waals surface area (Å²) >= 11 is -5.08. The van der Waals surface area contributed by atoms with Crippen molar-refractivity contribution >= 4 is 38.8 Å². The van der Waals surface area contributed by atoms with Gasteiger partial charge in [-0.15, -0.1) is 24.8 Å². The molecule has 0 saturated heterocycles. The number of hydrogen-bond acceptors (Lipinski definition) is 0. The van der Waals surface area contributed by atoms with Gasteiger partial charge in [-0.05, 0) is 0 Å². The zero-order valence-electron chi connectivity index (χ0n) is 34.5. The summed E-state index contributed by atoms with van der Waals surface area (Å²) in [5.74, 6) is 0.335. The van der Waals surface area contributed by atoms with Gasteiger partial charge in [0.1, 0.15) is 0 Å². The van der Waals surface area contributed by atoms with Gasteiger partial charge in [-0.1, -0.05) is 0 Å². The van der Waals surface area contributed by atoms with E-state index in [4.69, 9.17) is 4.21 Å². The molecule has 278 valence electrons. The molecule has 0 nitrogen and oxygen atoms in total. The summed E-state index contributed by atoms with van der Waals surface area (Å²) in [6.07, 6.45) is 7.30. The second-order valence-corrected chi connectivity index (χ2v) is 31.8. The molecule has 0 radical (unpaired) electrons. The first-order valence-corrected chi connectivity index (χ1v) is 25.7. The number of aryl methyl sites for hydroxylation is 3. The van der Waals surface area contributed by atoms with Gasteiger partial charge in [0.05, 0.1) is 0 Å². The molecule has 0 N–H and O–H groups in total. The van der Waals surface area contributed by atoms with Gasteiger partial charge in [-0.2, -0.15) is 0 Å². The third-order valence-corrected chi connectivity index (χ3v) is 29.1. The topological polar surface area (TPSA) is 0 Å². The predicted molar refractivity (Wildman–Crippen MR) is 234 cm³/mol. The quantitative estimate of drug-likeness (QED) is 0.166. The van der Waals surface area contributed by atoms with Crippen molar-refractivity contribution in [2.45, 2.75) is 121 Å². The van der Waals surface area contributed by atoms with Crippen LogP contribution in [0.4, 0.5) is 0 Å². The van der Waals surface area contributed by atoms with Gasteiger partial charge in [-0.25, -0.2) is 0 Å². The minimum atomic E-state index is -5.08. The van der Waals surface area contributed by atoms with E-state index >= 15 is 0 Å². The molecule has 1 unspecified atom stereocenters. The van der Waals surface area contributed by atoms with Crippen LogP contribution < -0.4 is 9.81 Å². The van der Waals surface area contributed by atoms with E-state index in [0.717, 1.165) is 12.8 Å². The maximum atomic E-state index is 5.97. The summed E-state index contributed by atoms with van der Waals surface area (Å²) in [6.45, 7) is 33.0. The molecule has 0 heterocycles. The first-order chi connectivity index (χ1) is 23.1. The second-order valence-electron chi connectivity index (χ2n) is 19.1. The van der Waals surface area contributed by atoms with Crippen LogP contribution in [0.15, 0.2) is 87.7 Å². The molecule has 0 spiro atoms. The molecule has 2 aliphatic rings. The van der Waals surface area contributed by atoms with Crippen molar-refractivity contribution in [3.63, 3.8) is 0 Å². The van der Waals surface area contributed by atoms with E-state index < -0.39 is 18.3 Å². The predicted octanol–water partition coefficient (Wildman–Crippen LogP) is 12.2. The second kappa shape index (κ2) is 14.1. The average molecular weight is 815 g/mol. The van der Waals surface area contributed by atoms with Gasteiger partial charge < -0.3 is 0 Å². The van der Waals surface area contributed by atoms with Crippen molar-refractivity contribution in [1.29, 1.82) is 0 Å². The molecule has 0 bridgehead atoms. The van der Waals surface area contributed by atoms with Crippen LogP contribution in [0.5, 0.6) is 0 Å². The van der Waals surface area contributed by atoms with E-state index in [1.165, 1.54) is 67.8 Å². The number of hydrogen-bond donors (Lipinski definition) is 0. The molecule has 52 heavy (non-hydrogen) atoms. The van der Waals surface area contributed by atoms with Crippen molar-refractivity contribution in [3.05, 3.63) is 132 Å². The summed E-state index contributed by atoms with van der Waals surface area (Å²) in [5.41, 5.74) is 15.8. The number of halogens is 2. The number of rotatable bonds is 5. The Morgan fingerprint density at radius 3 is 1.58 bits per heavy atom.